The van der Waals surface area contributed by atoms with E-state index in [-0.39, 0.29) is 47.9 Å². The van der Waals surface area contributed by atoms with Crippen molar-refractivity contribution in [2.45, 2.75) is 38.9 Å². The number of aromatic amines is 1. The number of aryl methyl sites for hydroxylation is 2. The van der Waals surface area contributed by atoms with Crippen LogP contribution in [0.15, 0.2) is 18.5 Å². The van der Waals surface area contributed by atoms with E-state index in [0.29, 0.717) is 35.0 Å². The number of fused-ring (bicyclic) bond motifs is 1. The normalized spacial score (nSPS) is 19.4. The number of carbonyl (C=O) groups is 2. The Balaban J connectivity index is 1.46. The Bertz CT molecular complexity index is 1360. The molecule has 0 bridgehead atoms. The second kappa shape index (κ2) is 10.0. The summed E-state index contributed by atoms with van der Waals surface area (Å²) < 4.78 is 40.9. The monoisotopic (exact) mass is 513 g/mol. The van der Waals surface area contributed by atoms with Crippen molar-refractivity contribution in [3.63, 3.8) is 0 Å². The smallest absolute Gasteiger partial charge is 0.255 e. The van der Waals surface area contributed by atoms with Gasteiger partial charge in [0.2, 0.25) is 5.91 Å². The molecule has 11 heteroatoms. The van der Waals surface area contributed by atoms with Crippen LogP contribution in [0.3, 0.4) is 0 Å². The van der Waals surface area contributed by atoms with Gasteiger partial charge in [0.25, 0.3) is 5.91 Å². The van der Waals surface area contributed by atoms with Gasteiger partial charge in [-0.3, -0.25) is 9.59 Å². The average molecular weight is 514 g/mol. The number of methoxy groups -OCH3 is 1. The molecule has 5 rings (SSSR count). The van der Waals surface area contributed by atoms with Crippen molar-refractivity contribution in [1.82, 2.24) is 25.2 Å². The molecule has 2 atom stereocenters. The number of halogens is 2. The van der Waals surface area contributed by atoms with Crippen molar-refractivity contribution in [3.8, 4) is 17.0 Å². The molecular formula is C26H29F2N5O4. The molecule has 2 N–H and O–H groups in total. The fourth-order valence-corrected chi connectivity index (χ4v) is 4.64. The van der Waals surface area contributed by atoms with Crippen LogP contribution in [0, 0.1) is 25.6 Å². The van der Waals surface area contributed by atoms with Crippen molar-refractivity contribution in [1.29, 1.82) is 0 Å². The quantitative estimate of drug-likeness (QED) is 0.479. The summed E-state index contributed by atoms with van der Waals surface area (Å²) in [6.45, 7) is 3.60. The summed E-state index contributed by atoms with van der Waals surface area (Å²) in [5.41, 5.74) is 2.27. The number of hydrogen-bond acceptors (Lipinski definition) is 6. The van der Waals surface area contributed by atoms with E-state index in [9.17, 15) is 14.0 Å². The number of H-pyrrole nitrogens is 1. The summed E-state index contributed by atoms with van der Waals surface area (Å²) in [7, 11) is 1.39. The summed E-state index contributed by atoms with van der Waals surface area (Å²) in [5.74, 6) is -0.500. The molecule has 3 heterocycles. The van der Waals surface area contributed by atoms with Crippen LogP contribution in [0.25, 0.3) is 22.3 Å². The Morgan fingerprint density at radius 1 is 1.22 bits per heavy atom. The second-order valence-electron chi connectivity index (χ2n) is 9.72. The molecule has 196 valence electrons. The zero-order valence-corrected chi connectivity index (χ0v) is 20.9. The van der Waals surface area contributed by atoms with Crippen LogP contribution < -0.4 is 10.1 Å². The lowest BCUT2D eigenvalue weighted by Gasteiger charge is -2.16. The number of carbonyl (C=O) groups excluding carboxylic acids is 2. The Morgan fingerprint density at radius 3 is 2.73 bits per heavy atom. The summed E-state index contributed by atoms with van der Waals surface area (Å²) in [5, 5.41) is 2.69. The van der Waals surface area contributed by atoms with Gasteiger partial charge in [-0.15, -0.1) is 0 Å². The first-order valence-electron chi connectivity index (χ1n) is 12.3. The predicted octanol–water partition coefficient (Wildman–Crippen LogP) is 3.09. The van der Waals surface area contributed by atoms with E-state index in [4.69, 9.17) is 9.47 Å². The maximum absolute atomic E-state index is 15.4. The number of nitrogens with zero attached hydrogens (tertiary/aromatic N) is 3. The lowest BCUT2D eigenvalue weighted by atomic mass is 10.0. The summed E-state index contributed by atoms with van der Waals surface area (Å²) in [6, 6.07) is 2.51. The Hall–Kier alpha value is -3.60. The Morgan fingerprint density at radius 2 is 2.00 bits per heavy atom. The molecule has 3 aromatic rings. The third kappa shape index (κ3) is 4.87. The van der Waals surface area contributed by atoms with Crippen LogP contribution in [0.5, 0.6) is 5.75 Å². The molecule has 0 radical (unpaired) electrons. The van der Waals surface area contributed by atoms with E-state index in [1.807, 2.05) is 0 Å². The number of rotatable bonds is 8. The highest BCUT2D eigenvalue weighted by Crippen LogP contribution is 2.39. The van der Waals surface area contributed by atoms with E-state index in [2.05, 4.69) is 20.3 Å². The molecule has 1 aliphatic carbocycles. The largest absolute Gasteiger partial charge is 0.492 e. The molecule has 1 saturated heterocycles. The van der Waals surface area contributed by atoms with Crippen LogP contribution in [0.2, 0.25) is 0 Å². The van der Waals surface area contributed by atoms with Gasteiger partial charge >= 0.3 is 0 Å². The van der Waals surface area contributed by atoms with Gasteiger partial charge in [0.1, 0.15) is 41.9 Å². The summed E-state index contributed by atoms with van der Waals surface area (Å²) in [6.07, 6.45) is 2.03. The highest BCUT2D eigenvalue weighted by Gasteiger charge is 2.37. The minimum Gasteiger partial charge on any atom is -0.492 e. The zero-order valence-electron chi connectivity index (χ0n) is 20.9. The van der Waals surface area contributed by atoms with E-state index < -0.39 is 23.9 Å². The molecule has 0 unspecified atom stereocenters. The van der Waals surface area contributed by atoms with Gasteiger partial charge in [-0.2, -0.15) is 0 Å². The van der Waals surface area contributed by atoms with Crippen molar-refractivity contribution in [2.24, 2.45) is 5.92 Å². The highest BCUT2D eigenvalue weighted by molar-refractivity contribution is 6.09. The molecule has 1 aromatic carbocycles. The number of aromatic nitrogens is 3. The number of hydrogen-bond donors (Lipinski definition) is 2. The minimum atomic E-state index is -1.42. The Labute approximate surface area is 212 Å². The molecule has 2 aliphatic rings. The van der Waals surface area contributed by atoms with Gasteiger partial charge in [0.05, 0.1) is 35.8 Å². The van der Waals surface area contributed by atoms with Gasteiger partial charge in [-0.1, -0.05) is 6.07 Å². The molecule has 1 saturated carbocycles. The van der Waals surface area contributed by atoms with E-state index >= 15 is 4.39 Å². The van der Waals surface area contributed by atoms with Crippen molar-refractivity contribution in [3.05, 3.63) is 41.1 Å². The van der Waals surface area contributed by atoms with Crippen LogP contribution in [0.4, 0.5) is 8.78 Å². The number of likely N-dealkylation sites (tertiary alicyclic amines) is 1. The second-order valence-corrected chi connectivity index (χ2v) is 9.72. The molecule has 2 aromatic heterocycles. The number of benzene rings is 1. The van der Waals surface area contributed by atoms with Crippen molar-refractivity contribution >= 4 is 22.8 Å². The van der Waals surface area contributed by atoms with E-state index in [1.54, 1.807) is 26.0 Å². The van der Waals surface area contributed by atoms with Crippen LogP contribution in [0.1, 0.15) is 34.5 Å². The third-order valence-electron chi connectivity index (χ3n) is 6.89. The van der Waals surface area contributed by atoms with Gasteiger partial charge < -0.3 is 24.7 Å². The number of nitrogens with one attached hydrogen (secondary N) is 2. The molecule has 2 fully saturated rings. The lowest BCUT2D eigenvalue weighted by molar-refractivity contribution is -0.134. The van der Waals surface area contributed by atoms with Gasteiger partial charge in [-0.25, -0.2) is 18.7 Å². The lowest BCUT2D eigenvalue weighted by Crippen LogP contribution is -2.42. The number of ether oxygens (including phenoxy) is 2. The topological polar surface area (TPSA) is 109 Å². The maximum atomic E-state index is 15.4. The van der Waals surface area contributed by atoms with E-state index in [0.717, 1.165) is 12.8 Å². The zero-order chi connectivity index (χ0) is 26.3. The SMILES string of the molecule is COCC(=O)N1C[C@H](NC(=O)c2c(C)[nH]c3c(-c4c(OCC5CC5)ccc(C)c4F)ncnc23)[C@@H](F)C1. The average Bonchev–Trinajstić information content (AvgIpc) is 3.53. The summed E-state index contributed by atoms with van der Waals surface area (Å²) in [4.78, 5) is 38.4. The van der Waals surface area contributed by atoms with Crippen molar-refractivity contribution < 1.29 is 27.8 Å². The van der Waals surface area contributed by atoms with E-state index in [1.165, 1.54) is 18.3 Å². The van der Waals surface area contributed by atoms with Crippen LogP contribution >= 0.6 is 0 Å². The molecule has 2 amide bonds. The van der Waals surface area contributed by atoms with Crippen LogP contribution in [-0.2, 0) is 9.53 Å². The third-order valence-corrected chi connectivity index (χ3v) is 6.89. The maximum Gasteiger partial charge on any atom is 0.255 e. The molecule has 37 heavy (non-hydrogen) atoms. The fourth-order valence-electron chi connectivity index (χ4n) is 4.64. The molecular weight excluding hydrogens is 484 g/mol. The highest BCUT2D eigenvalue weighted by atomic mass is 19.1. The van der Waals surface area contributed by atoms with Gasteiger partial charge in [0.15, 0.2) is 0 Å². The predicted molar refractivity (Wildman–Crippen MR) is 132 cm³/mol. The molecule has 0 spiro atoms. The first-order chi connectivity index (χ1) is 17.8. The van der Waals surface area contributed by atoms with Gasteiger partial charge in [-0.05, 0) is 44.2 Å². The molecule has 9 nitrogen and oxygen atoms in total. The standard InChI is InChI=1S/C26H29F2N5O4/c1-13-4-7-18(37-10-15-5-6-15)21(22(13)28)24-25-23(29-12-30-24)20(14(2)31-25)26(35)32-17-9-33(8-16(17)27)19(34)11-36-3/h4,7,12,15-17,31H,5-6,8-11H2,1-3H3,(H,32,35)/t16-,17-/m0/s1. The minimum absolute atomic E-state index is 0.0347. The van der Waals surface area contributed by atoms with Gasteiger partial charge in [0, 0.05) is 19.3 Å². The molecule has 1 aliphatic heterocycles. The number of amides is 2. The first-order valence-corrected chi connectivity index (χ1v) is 12.3. The summed E-state index contributed by atoms with van der Waals surface area (Å²) >= 11 is 0. The van der Waals surface area contributed by atoms with Crippen LogP contribution in [-0.4, -0.2) is 77.3 Å². The van der Waals surface area contributed by atoms with Crippen molar-refractivity contribution in [2.75, 3.05) is 33.4 Å². The number of alkyl halides is 1. The Kier molecular flexibility index (Phi) is 6.80. The fraction of sp³-hybridized carbons (Fsp3) is 0.462. The first kappa shape index (κ1) is 25.1.